The van der Waals surface area contributed by atoms with Crippen LogP contribution >= 0.6 is 11.6 Å². The van der Waals surface area contributed by atoms with Crippen molar-refractivity contribution in [3.63, 3.8) is 0 Å². The minimum Gasteiger partial charge on any atom is -0.310 e. The summed E-state index contributed by atoms with van der Waals surface area (Å²) < 4.78 is 36.1. The van der Waals surface area contributed by atoms with Crippen LogP contribution in [0.3, 0.4) is 0 Å². The molecule has 0 aromatic carbocycles. The van der Waals surface area contributed by atoms with Gasteiger partial charge < -0.3 is 5.32 Å². The Hall–Kier alpha value is 0.0400. The number of halogens is 4. The average molecular weight is 258 g/mol. The first-order valence-electron chi connectivity index (χ1n) is 5.75. The molecular formula is C11H19ClF3N. The van der Waals surface area contributed by atoms with Gasteiger partial charge in [0.25, 0.3) is 0 Å². The second kappa shape index (κ2) is 5.58. The van der Waals surface area contributed by atoms with Crippen molar-refractivity contribution in [1.82, 2.24) is 5.32 Å². The van der Waals surface area contributed by atoms with Crippen LogP contribution < -0.4 is 5.32 Å². The van der Waals surface area contributed by atoms with Crippen LogP contribution in [-0.2, 0) is 0 Å². The van der Waals surface area contributed by atoms with E-state index in [2.05, 4.69) is 12.2 Å². The first kappa shape index (κ1) is 14.1. The zero-order valence-electron chi connectivity index (χ0n) is 9.54. The summed E-state index contributed by atoms with van der Waals surface area (Å²) in [6.45, 7) is 2.15. The second-order valence-corrected chi connectivity index (χ2v) is 5.16. The molecule has 0 aromatic heterocycles. The van der Waals surface area contributed by atoms with E-state index in [9.17, 15) is 13.2 Å². The number of alkyl halides is 4. The van der Waals surface area contributed by atoms with Gasteiger partial charge in [0.2, 0.25) is 0 Å². The Bertz CT molecular complexity index is 210. The Kier molecular flexibility index (Phi) is 4.92. The van der Waals surface area contributed by atoms with Crippen LogP contribution in [0.15, 0.2) is 0 Å². The first-order valence-corrected chi connectivity index (χ1v) is 6.28. The van der Waals surface area contributed by atoms with Gasteiger partial charge in [-0.2, -0.15) is 13.2 Å². The predicted octanol–water partition coefficient (Wildman–Crippen LogP) is 3.72. The Morgan fingerprint density at radius 2 is 1.88 bits per heavy atom. The number of nitrogens with one attached hydrogen (secondary N) is 1. The molecule has 0 spiro atoms. The Balaban J connectivity index is 2.36. The third-order valence-electron chi connectivity index (χ3n) is 3.40. The van der Waals surface area contributed by atoms with Crippen LogP contribution in [0.25, 0.3) is 0 Å². The van der Waals surface area contributed by atoms with Crippen molar-refractivity contribution in [3.8, 4) is 0 Å². The van der Waals surface area contributed by atoms with Gasteiger partial charge in [0.1, 0.15) is 0 Å². The molecule has 0 saturated heterocycles. The average Bonchev–Trinajstić information content (AvgIpc) is 2.20. The molecule has 1 fully saturated rings. The van der Waals surface area contributed by atoms with Crippen molar-refractivity contribution in [1.29, 1.82) is 0 Å². The van der Waals surface area contributed by atoms with Gasteiger partial charge >= 0.3 is 6.18 Å². The molecule has 1 nitrogen and oxygen atoms in total. The molecule has 1 N–H and O–H groups in total. The fourth-order valence-corrected chi connectivity index (χ4v) is 2.50. The molecule has 1 aliphatic carbocycles. The lowest BCUT2D eigenvalue weighted by atomic mass is 9.78. The minimum atomic E-state index is -4.08. The van der Waals surface area contributed by atoms with Gasteiger partial charge in [0.05, 0.1) is 6.42 Å². The summed E-state index contributed by atoms with van der Waals surface area (Å²) in [5.41, 5.74) is -0.265. The number of hydrogen-bond acceptors (Lipinski definition) is 1. The molecule has 0 unspecified atom stereocenters. The number of hydrogen-bond donors (Lipinski definition) is 1. The van der Waals surface area contributed by atoms with Crippen molar-refractivity contribution in [2.24, 2.45) is 5.92 Å². The lowest BCUT2D eigenvalue weighted by molar-refractivity contribution is -0.134. The zero-order chi connectivity index (χ0) is 12.2. The maximum Gasteiger partial charge on any atom is 0.390 e. The molecule has 1 aliphatic rings. The smallest absolute Gasteiger partial charge is 0.310 e. The van der Waals surface area contributed by atoms with Crippen molar-refractivity contribution in [2.75, 3.05) is 12.4 Å². The van der Waals surface area contributed by atoms with Gasteiger partial charge in [-0.15, -0.1) is 11.6 Å². The molecule has 1 saturated carbocycles. The maximum atomic E-state index is 12.0. The summed E-state index contributed by atoms with van der Waals surface area (Å²) in [6.07, 6.45) is -0.994. The first-order chi connectivity index (χ1) is 7.37. The topological polar surface area (TPSA) is 12.0 Å². The van der Waals surface area contributed by atoms with Crippen molar-refractivity contribution >= 4 is 11.6 Å². The second-order valence-electron chi connectivity index (χ2n) is 4.89. The van der Waals surface area contributed by atoms with Crippen molar-refractivity contribution in [3.05, 3.63) is 0 Å². The minimum absolute atomic E-state index is 0.0232. The highest BCUT2D eigenvalue weighted by Gasteiger charge is 2.34. The molecular weight excluding hydrogens is 239 g/mol. The fraction of sp³-hybridized carbons (Fsp3) is 1.00. The van der Waals surface area contributed by atoms with Crippen LogP contribution in [0.1, 0.15) is 39.0 Å². The van der Waals surface area contributed by atoms with E-state index in [1.54, 1.807) is 0 Å². The van der Waals surface area contributed by atoms with E-state index in [4.69, 9.17) is 11.6 Å². The summed E-state index contributed by atoms with van der Waals surface area (Å²) in [5, 5.41) is 3.01. The predicted molar refractivity (Wildman–Crippen MR) is 59.8 cm³/mol. The van der Waals surface area contributed by atoms with E-state index in [0.29, 0.717) is 11.8 Å². The maximum absolute atomic E-state index is 12.0. The van der Waals surface area contributed by atoms with Crippen molar-refractivity contribution in [2.45, 2.75) is 50.7 Å². The van der Waals surface area contributed by atoms with E-state index < -0.39 is 12.6 Å². The molecule has 0 aliphatic heterocycles. The summed E-state index contributed by atoms with van der Waals surface area (Å²) in [6, 6.07) is 0. The monoisotopic (exact) mass is 257 g/mol. The molecule has 96 valence electrons. The molecule has 16 heavy (non-hydrogen) atoms. The van der Waals surface area contributed by atoms with Gasteiger partial charge in [0.15, 0.2) is 0 Å². The van der Waals surface area contributed by atoms with Crippen LogP contribution in [-0.4, -0.2) is 24.1 Å². The van der Waals surface area contributed by atoms with Gasteiger partial charge in [-0.3, -0.25) is 0 Å². The summed E-state index contributed by atoms with van der Waals surface area (Å²) in [5.74, 6) is 1.07. The lowest BCUT2D eigenvalue weighted by Crippen LogP contribution is -2.50. The molecule has 0 aromatic rings. The van der Waals surface area contributed by atoms with Gasteiger partial charge in [0, 0.05) is 18.0 Å². The third-order valence-corrected chi connectivity index (χ3v) is 3.91. The fourth-order valence-electron chi connectivity index (χ4n) is 2.14. The summed E-state index contributed by atoms with van der Waals surface area (Å²) >= 11 is 5.89. The van der Waals surface area contributed by atoms with Crippen LogP contribution in [0, 0.1) is 5.92 Å². The molecule has 0 amide bonds. The standard InChI is InChI=1S/C11H19ClF3N/c1-9-2-4-10(8-12,5-3-9)16-7-6-11(13,14)15/h9,16H,2-8H2,1H3. The quantitative estimate of drug-likeness (QED) is 0.757. The normalized spacial score (nSPS) is 31.7. The van der Waals surface area contributed by atoms with E-state index in [0.717, 1.165) is 25.7 Å². The molecule has 5 heteroatoms. The molecule has 0 atom stereocenters. The van der Waals surface area contributed by atoms with Crippen LogP contribution in [0.4, 0.5) is 13.2 Å². The Morgan fingerprint density at radius 3 is 2.31 bits per heavy atom. The Morgan fingerprint density at radius 1 is 1.31 bits per heavy atom. The van der Waals surface area contributed by atoms with E-state index in [-0.39, 0.29) is 12.1 Å². The SMILES string of the molecule is CC1CCC(CCl)(NCCC(F)(F)F)CC1. The van der Waals surface area contributed by atoms with E-state index in [1.807, 2.05) is 0 Å². The summed E-state index contributed by atoms with van der Waals surface area (Å²) in [7, 11) is 0. The lowest BCUT2D eigenvalue weighted by Gasteiger charge is -2.39. The highest BCUT2D eigenvalue weighted by atomic mass is 35.5. The zero-order valence-corrected chi connectivity index (χ0v) is 10.3. The molecule has 1 rings (SSSR count). The molecule has 0 bridgehead atoms. The van der Waals surface area contributed by atoms with Crippen molar-refractivity contribution < 1.29 is 13.2 Å². The van der Waals surface area contributed by atoms with Crippen LogP contribution in [0.5, 0.6) is 0 Å². The van der Waals surface area contributed by atoms with Crippen LogP contribution in [0.2, 0.25) is 0 Å². The highest BCUT2D eigenvalue weighted by molar-refractivity contribution is 6.18. The Labute approximate surface area is 99.7 Å². The van der Waals surface area contributed by atoms with E-state index >= 15 is 0 Å². The van der Waals surface area contributed by atoms with Gasteiger partial charge in [-0.1, -0.05) is 6.92 Å². The largest absolute Gasteiger partial charge is 0.390 e. The third kappa shape index (κ3) is 4.50. The highest BCUT2D eigenvalue weighted by Crippen LogP contribution is 2.33. The number of rotatable bonds is 4. The molecule has 0 heterocycles. The van der Waals surface area contributed by atoms with Gasteiger partial charge in [-0.25, -0.2) is 0 Å². The van der Waals surface area contributed by atoms with E-state index in [1.165, 1.54) is 0 Å². The van der Waals surface area contributed by atoms with Gasteiger partial charge in [-0.05, 0) is 31.6 Å². The summed E-state index contributed by atoms with van der Waals surface area (Å²) in [4.78, 5) is 0. The molecule has 0 radical (unpaired) electrons.